The molecule has 0 aliphatic carbocycles. The maximum atomic E-state index is 11.6. The summed E-state index contributed by atoms with van der Waals surface area (Å²) in [5.74, 6) is 0.456. The Balaban J connectivity index is 2.25. The van der Waals surface area contributed by atoms with Crippen LogP contribution in [0.4, 0.5) is 0 Å². The number of aromatic amines is 1. The van der Waals surface area contributed by atoms with Crippen LogP contribution in [0.1, 0.15) is 19.0 Å². The highest BCUT2D eigenvalue weighted by atomic mass is 35.5. The SMILES string of the molecule is CCCNCc1cc(=O)[nH]c(-c2ccc(Cl)cn2)n1. The van der Waals surface area contributed by atoms with E-state index < -0.39 is 0 Å². The van der Waals surface area contributed by atoms with Crippen LogP contribution >= 0.6 is 11.6 Å². The summed E-state index contributed by atoms with van der Waals surface area (Å²) in [6.07, 6.45) is 2.56. The van der Waals surface area contributed by atoms with E-state index in [2.05, 4.69) is 27.2 Å². The second kappa shape index (κ2) is 6.45. The summed E-state index contributed by atoms with van der Waals surface area (Å²) >= 11 is 5.78. The van der Waals surface area contributed by atoms with Gasteiger partial charge < -0.3 is 10.3 Å². The molecule has 2 aromatic heterocycles. The van der Waals surface area contributed by atoms with E-state index in [0.29, 0.717) is 28.8 Å². The molecule has 19 heavy (non-hydrogen) atoms. The lowest BCUT2D eigenvalue weighted by Gasteiger charge is -2.05. The first-order valence-corrected chi connectivity index (χ1v) is 6.49. The zero-order chi connectivity index (χ0) is 13.7. The molecular weight excluding hydrogens is 264 g/mol. The van der Waals surface area contributed by atoms with E-state index in [9.17, 15) is 4.79 Å². The van der Waals surface area contributed by atoms with E-state index in [1.807, 2.05) is 0 Å². The van der Waals surface area contributed by atoms with Gasteiger partial charge in [-0.1, -0.05) is 18.5 Å². The number of nitrogens with zero attached hydrogens (tertiary/aromatic N) is 2. The molecule has 0 saturated carbocycles. The Morgan fingerprint density at radius 2 is 2.26 bits per heavy atom. The van der Waals surface area contributed by atoms with Crippen LogP contribution in [0.5, 0.6) is 0 Å². The third kappa shape index (κ3) is 3.87. The first-order chi connectivity index (χ1) is 9.19. The van der Waals surface area contributed by atoms with E-state index >= 15 is 0 Å². The Kier molecular flexibility index (Phi) is 4.65. The zero-order valence-corrected chi connectivity index (χ0v) is 11.4. The minimum Gasteiger partial charge on any atom is -0.311 e. The molecule has 0 radical (unpaired) electrons. The van der Waals surface area contributed by atoms with Crippen molar-refractivity contribution in [3.05, 3.63) is 45.5 Å². The van der Waals surface area contributed by atoms with Crippen LogP contribution in [-0.4, -0.2) is 21.5 Å². The Morgan fingerprint density at radius 3 is 2.95 bits per heavy atom. The predicted octanol–water partition coefficient (Wildman–Crippen LogP) is 1.98. The van der Waals surface area contributed by atoms with Crippen molar-refractivity contribution in [3.63, 3.8) is 0 Å². The van der Waals surface area contributed by atoms with Gasteiger partial charge in [0, 0.05) is 18.8 Å². The maximum absolute atomic E-state index is 11.6. The molecule has 5 nitrogen and oxygen atoms in total. The molecule has 0 fully saturated rings. The predicted molar refractivity (Wildman–Crippen MR) is 75.1 cm³/mol. The van der Waals surface area contributed by atoms with Gasteiger partial charge in [-0.15, -0.1) is 0 Å². The molecule has 0 aliphatic rings. The average molecular weight is 279 g/mol. The molecule has 0 saturated heterocycles. The van der Waals surface area contributed by atoms with Crippen molar-refractivity contribution in [2.45, 2.75) is 19.9 Å². The van der Waals surface area contributed by atoms with Gasteiger partial charge in [0.2, 0.25) is 0 Å². The van der Waals surface area contributed by atoms with Crippen molar-refractivity contribution >= 4 is 11.6 Å². The second-order valence-corrected chi connectivity index (χ2v) is 4.56. The third-order valence-electron chi connectivity index (χ3n) is 2.50. The number of hydrogen-bond donors (Lipinski definition) is 2. The van der Waals surface area contributed by atoms with Crippen molar-refractivity contribution in [2.24, 2.45) is 0 Å². The van der Waals surface area contributed by atoms with Crippen LogP contribution in [0.15, 0.2) is 29.2 Å². The number of nitrogens with one attached hydrogen (secondary N) is 2. The number of aromatic nitrogens is 3. The molecule has 0 bridgehead atoms. The molecule has 0 unspecified atom stereocenters. The van der Waals surface area contributed by atoms with E-state index in [-0.39, 0.29) is 5.56 Å². The Bertz CT molecular complexity index is 594. The lowest BCUT2D eigenvalue weighted by atomic mass is 10.3. The number of rotatable bonds is 5. The molecule has 2 heterocycles. The molecule has 100 valence electrons. The van der Waals surface area contributed by atoms with Gasteiger partial charge in [0.05, 0.1) is 10.7 Å². The Morgan fingerprint density at radius 1 is 1.42 bits per heavy atom. The summed E-state index contributed by atoms with van der Waals surface area (Å²) in [5.41, 5.74) is 1.11. The normalized spacial score (nSPS) is 10.6. The Hall–Kier alpha value is -1.72. The number of hydrogen-bond acceptors (Lipinski definition) is 4. The molecule has 0 atom stereocenters. The number of pyridine rings is 1. The Labute approximate surface area is 116 Å². The minimum atomic E-state index is -0.185. The quantitative estimate of drug-likeness (QED) is 0.821. The van der Waals surface area contributed by atoms with E-state index in [1.54, 1.807) is 12.1 Å². The first kappa shape index (κ1) is 13.7. The maximum Gasteiger partial charge on any atom is 0.251 e. The molecular formula is C13H15ClN4O. The standard InChI is InChI=1S/C13H15ClN4O/c1-2-5-15-8-10-6-12(19)18-13(17-10)11-4-3-9(14)7-16-11/h3-4,6-7,15H,2,5,8H2,1H3,(H,17,18,19). The fraction of sp³-hybridized carbons (Fsp3) is 0.308. The highest BCUT2D eigenvalue weighted by Crippen LogP contribution is 2.13. The van der Waals surface area contributed by atoms with Gasteiger partial charge in [0.25, 0.3) is 5.56 Å². The van der Waals surface area contributed by atoms with Gasteiger partial charge in [0.1, 0.15) is 5.69 Å². The fourth-order valence-electron chi connectivity index (χ4n) is 1.63. The average Bonchev–Trinajstić information content (AvgIpc) is 2.39. The summed E-state index contributed by atoms with van der Waals surface area (Å²) in [4.78, 5) is 22.8. The van der Waals surface area contributed by atoms with Crippen LogP contribution in [0.2, 0.25) is 5.02 Å². The number of halogens is 1. The molecule has 0 spiro atoms. The monoisotopic (exact) mass is 278 g/mol. The molecule has 0 aliphatic heterocycles. The van der Waals surface area contributed by atoms with Crippen molar-refractivity contribution in [1.29, 1.82) is 0 Å². The molecule has 2 rings (SSSR count). The number of H-pyrrole nitrogens is 1. The largest absolute Gasteiger partial charge is 0.311 e. The van der Waals surface area contributed by atoms with Gasteiger partial charge in [-0.05, 0) is 25.1 Å². The molecule has 6 heteroatoms. The summed E-state index contributed by atoms with van der Waals surface area (Å²) in [5, 5.41) is 3.76. The highest BCUT2D eigenvalue weighted by Gasteiger charge is 2.05. The molecule has 2 N–H and O–H groups in total. The molecule has 2 aromatic rings. The van der Waals surface area contributed by atoms with E-state index in [0.717, 1.165) is 13.0 Å². The lowest BCUT2D eigenvalue weighted by Crippen LogP contribution is -2.18. The summed E-state index contributed by atoms with van der Waals surface area (Å²) < 4.78 is 0. The van der Waals surface area contributed by atoms with E-state index in [4.69, 9.17) is 11.6 Å². The van der Waals surface area contributed by atoms with Crippen LogP contribution in [0.3, 0.4) is 0 Å². The van der Waals surface area contributed by atoms with Gasteiger partial charge in [-0.2, -0.15) is 0 Å². The van der Waals surface area contributed by atoms with Gasteiger partial charge >= 0.3 is 0 Å². The minimum absolute atomic E-state index is 0.185. The fourth-order valence-corrected chi connectivity index (χ4v) is 1.74. The molecule has 0 amide bonds. The smallest absolute Gasteiger partial charge is 0.251 e. The molecule has 0 aromatic carbocycles. The summed E-state index contributed by atoms with van der Waals surface area (Å²) in [6, 6.07) is 4.93. The topological polar surface area (TPSA) is 70.7 Å². The van der Waals surface area contributed by atoms with Crippen molar-refractivity contribution in [2.75, 3.05) is 6.54 Å². The van der Waals surface area contributed by atoms with Crippen molar-refractivity contribution in [3.8, 4) is 11.5 Å². The second-order valence-electron chi connectivity index (χ2n) is 4.12. The van der Waals surface area contributed by atoms with Crippen LogP contribution in [0, 0.1) is 0 Å². The van der Waals surface area contributed by atoms with E-state index in [1.165, 1.54) is 12.3 Å². The van der Waals surface area contributed by atoms with Gasteiger partial charge in [-0.25, -0.2) is 4.98 Å². The van der Waals surface area contributed by atoms with Gasteiger partial charge in [0.15, 0.2) is 5.82 Å². The summed E-state index contributed by atoms with van der Waals surface area (Å²) in [6.45, 7) is 3.54. The van der Waals surface area contributed by atoms with Crippen LogP contribution in [0.25, 0.3) is 11.5 Å². The highest BCUT2D eigenvalue weighted by molar-refractivity contribution is 6.30. The van der Waals surface area contributed by atoms with Crippen LogP contribution < -0.4 is 10.9 Å². The summed E-state index contributed by atoms with van der Waals surface area (Å²) in [7, 11) is 0. The van der Waals surface area contributed by atoms with Crippen molar-refractivity contribution < 1.29 is 0 Å². The van der Waals surface area contributed by atoms with Crippen molar-refractivity contribution in [1.82, 2.24) is 20.3 Å². The lowest BCUT2D eigenvalue weighted by molar-refractivity contribution is 0.662. The zero-order valence-electron chi connectivity index (χ0n) is 10.6. The first-order valence-electron chi connectivity index (χ1n) is 6.12. The third-order valence-corrected chi connectivity index (χ3v) is 2.72. The van der Waals surface area contributed by atoms with Crippen LogP contribution in [-0.2, 0) is 6.54 Å². The van der Waals surface area contributed by atoms with Gasteiger partial charge in [-0.3, -0.25) is 9.78 Å².